The molecule has 25 heavy (non-hydrogen) atoms. The molecule has 1 amide bonds. The summed E-state index contributed by atoms with van der Waals surface area (Å²) in [6.45, 7) is 6.63. The molecule has 0 bridgehead atoms. The van der Waals surface area contributed by atoms with Crippen LogP contribution in [0.3, 0.4) is 0 Å². The Balaban J connectivity index is 2.16. The first kappa shape index (κ1) is 19.3. The van der Waals surface area contributed by atoms with Crippen molar-refractivity contribution in [1.29, 1.82) is 0 Å². The third-order valence-electron chi connectivity index (χ3n) is 3.41. The summed E-state index contributed by atoms with van der Waals surface area (Å²) in [6, 6.07) is 12.8. The number of anilines is 1. The fourth-order valence-corrected chi connectivity index (χ4v) is 2.61. The highest BCUT2D eigenvalue weighted by Crippen LogP contribution is 2.26. The third-order valence-corrected chi connectivity index (χ3v) is 3.90. The molecule has 0 aliphatic heterocycles. The molecule has 0 radical (unpaired) electrons. The number of benzene rings is 2. The Kier molecular flexibility index (Phi) is 7.31. The molecule has 134 valence electrons. The highest BCUT2D eigenvalue weighted by Gasteiger charge is 2.14. The molecule has 2 rings (SSSR count). The van der Waals surface area contributed by atoms with Crippen LogP contribution in [0.1, 0.15) is 44.0 Å². The second kappa shape index (κ2) is 9.47. The summed E-state index contributed by atoms with van der Waals surface area (Å²) in [4.78, 5) is 12.7. The van der Waals surface area contributed by atoms with Gasteiger partial charge in [-0.05, 0) is 50.6 Å². The molecule has 0 aliphatic carbocycles. The summed E-state index contributed by atoms with van der Waals surface area (Å²) in [7, 11) is 0. The van der Waals surface area contributed by atoms with Crippen molar-refractivity contribution < 1.29 is 14.3 Å². The van der Waals surface area contributed by atoms with Crippen molar-refractivity contribution in [3.05, 3.63) is 52.5 Å². The van der Waals surface area contributed by atoms with E-state index in [0.717, 1.165) is 23.1 Å². The van der Waals surface area contributed by atoms with Gasteiger partial charge < -0.3 is 14.8 Å². The SMILES string of the molecule is CCCCOc1ccc(Br)cc1C(=O)Nc1cccc(OC(C)C)c1. The number of carbonyl (C=O) groups excluding carboxylic acids is 1. The van der Waals surface area contributed by atoms with Crippen LogP contribution in [-0.4, -0.2) is 18.6 Å². The molecule has 0 unspecified atom stereocenters. The lowest BCUT2D eigenvalue weighted by molar-refractivity contribution is 0.102. The van der Waals surface area contributed by atoms with Crippen molar-refractivity contribution >= 4 is 27.5 Å². The topological polar surface area (TPSA) is 47.6 Å². The van der Waals surface area contributed by atoms with E-state index in [4.69, 9.17) is 9.47 Å². The molecule has 4 nitrogen and oxygen atoms in total. The first-order valence-corrected chi connectivity index (χ1v) is 9.29. The molecule has 0 aromatic heterocycles. The molecule has 0 spiro atoms. The molecule has 0 fully saturated rings. The van der Waals surface area contributed by atoms with Gasteiger partial charge in [0.1, 0.15) is 11.5 Å². The molecule has 5 heteroatoms. The summed E-state index contributed by atoms with van der Waals surface area (Å²) in [5.41, 5.74) is 1.18. The maximum absolute atomic E-state index is 12.7. The summed E-state index contributed by atoms with van der Waals surface area (Å²) in [6.07, 6.45) is 2.07. The Morgan fingerprint density at radius 3 is 2.72 bits per heavy atom. The van der Waals surface area contributed by atoms with Gasteiger partial charge in [0, 0.05) is 16.2 Å². The number of carbonyl (C=O) groups is 1. The van der Waals surface area contributed by atoms with Crippen molar-refractivity contribution in [2.24, 2.45) is 0 Å². The van der Waals surface area contributed by atoms with E-state index in [0.29, 0.717) is 23.6 Å². The predicted octanol–water partition coefficient (Wildman–Crippen LogP) is 5.67. The van der Waals surface area contributed by atoms with Crippen LogP contribution in [0.5, 0.6) is 11.5 Å². The van der Waals surface area contributed by atoms with Gasteiger partial charge in [0.25, 0.3) is 5.91 Å². The van der Waals surface area contributed by atoms with Gasteiger partial charge in [-0.15, -0.1) is 0 Å². The molecule has 0 atom stereocenters. The first-order chi connectivity index (χ1) is 12.0. The molecular formula is C20H24BrNO3. The highest BCUT2D eigenvalue weighted by molar-refractivity contribution is 9.10. The summed E-state index contributed by atoms with van der Waals surface area (Å²) >= 11 is 3.42. The van der Waals surface area contributed by atoms with Crippen LogP contribution in [0.4, 0.5) is 5.69 Å². The molecule has 0 saturated heterocycles. The number of hydrogen-bond donors (Lipinski definition) is 1. The third kappa shape index (κ3) is 6.09. The second-order valence-corrected chi connectivity index (χ2v) is 6.91. The lowest BCUT2D eigenvalue weighted by atomic mass is 10.1. The van der Waals surface area contributed by atoms with E-state index in [1.165, 1.54) is 0 Å². The average Bonchev–Trinajstić information content (AvgIpc) is 2.56. The van der Waals surface area contributed by atoms with E-state index in [2.05, 4.69) is 28.2 Å². The van der Waals surface area contributed by atoms with Crippen LogP contribution >= 0.6 is 15.9 Å². The second-order valence-electron chi connectivity index (χ2n) is 5.99. The minimum absolute atomic E-state index is 0.0783. The molecule has 0 saturated carbocycles. The number of rotatable bonds is 8. The van der Waals surface area contributed by atoms with Gasteiger partial charge in [-0.2, -0.15) is 0 Å². The lowest BCUT2D eigenvalue weighted by Gasteiger charge is -2.14. The highest BCUT2D eigenvalue weighted by atomic mass is 79.9. The predicted molar refractivity (Wildman–Crippen MR) is 105 cm³/mol. The maximum Gasteiger partial charge on any atom is 0.259 e. The van der Waals surface area contributed by atoms with Crippen LogP contribution in [0, 0.1) is 0 Å². The quantitative estimate of drug-likeness (QED) is 0.575. The van der Waals surface area contributed by atoms with E-state index in [1.807, 2.05) is 50.2 Å². The number of amides is 1. The van der Waals surface area contributed by atoms with Crippen LogP contribution < -0.4 is 14.8 Å². The van der Waals surface area contributed by atoms with Crippen molar-refractivity contribution in [1.82, 2.24) is 0 Å². The number of ether oxygens (including phenoxy) is 2. The zero-order valence-corrected chi connectivity index (χ0v) is 16.4. The first-order valence-electron chi connectivity index (χ1n) is 8.50. The Hall–Kier alpha value is -2.01. The normalized spacial score (nSPS) is 10.6. The van der Waals surface area contributed by atoms with Crippen LogP contribution in [0.2, 0.25) is 0 Å². The van der Waals surface area contributed by atoms with Gasteiger partial charge in [0.05, 0.1) is 18.3 Å². The summed E-state index contributed by atoms with van der Waals surface area (Å²) < 4.78 is 12.3. The molecule has 1 N–H and O–H groups in total. The maximum atomic E-state index is 12.7. The fourth-order valence-electron chi connectivity index (χ4n) is 2.25. The average molecular weight is 406 g/mol. The Morgan fingerprint density at radius 1 is 1.20 bits per heavy atom. The monoisotopic (exact) mass is 405 g/mol. The number of unbranched alkanes of at least 4 members (excludes halogenated alkanes) is 1. The largest absolute Gasteiger partial charge is 0.493 e. The van der Waals surface area contributed by atoms with E-state index in [-0.39, 0.29) is 12.0 Å². The Bertz CT molecular complexity index is 716. The minimum atomic E-state index is -0.213. The van der Waals surface area contributed by atoms with E-state index >= 15 is 0 Å². The van der Waals surface area contributed by atoms with Gasteiger partial charge in [0.2, 0.25) is 0 Å². The van der Waals surface area contributed by atoms with E-state index < -0.39 is 0 Å². The van der Waals surface area contributed by atoms with Gasteiger partial charge in [-0.25, -0.2) is 0 Å². The number of halogens is 1. The van der Waals surface area contributed by atoms with Crippen LogP contribution in [0.25, 0.3) is 0 Å². The molecular weight excluding hydrogens is 382 g/mol. The zero-order valence-electron chi connectivity index (χ0n) is 14.8. The van der Waals surface area contributed by atoms with Crippen molar-refractivity contribution in [2.75, 3.05) is 11.9 Å². The fraction of sp³-hybridized carbons (Fsp3) is 0.350. The number of hydrogen-bond acceptors (Lipinski definition) is 3. The van der Waals surface area contributed by atoms with Crippen LogP contribution in [0.15, 0.2) is 46.9 Å². The lowest BCUT2D eigenvalue weighted by Crippen LogP contribution is -2.14. The van der Waals surface area contributed by atoms with Gasteiger partial charge >= 0.3 is 0 Å². The standard InChI is InChI=1S/C20H24BrNO3/c1-4-5-11-24-19-10-9-15(21)12-18(19)20(23)22-16-7-6-8-17(13-16)25-14(2)3/h6-10,12-14H,4-5,11H2,1-3H3,(H,22,23). The summed E-state index contributed by atoms with van der Waals surface area (Å²) in [5.74, 6) is 1.10. The minimum Gasteiger partial charge on any atom is -0.493 e. The Morgan fingerprint density at radius 2 is 2.00 bits per heavy atom. The van der Waals surface area contributed by atoms with Gasteiger partial charge in [-0.1, -0.05) is 35.3 Å². The van der Waals surface area contributed by atoms with Crippen LogP contribution in [-0.2, 0) is 0 Å². The molecule has 2 aromatic rings. The van der Waals surface area contributed by atoms with Crippen molar-refractivity contribution in [3.8, 4) is 11.5 Å². The van der Waals surface area contributed by atoms with Crippen molar-refractivity contribution in [2.45, 2.75) is 39.7 Å². The Labute approximate surface area is 157 Å². The summed E-state index contributed by atoms with van der Waals surface area (Å²) in [5, 5.41) is 2.91. The van der Waals surface area contributed by atoms with Crippen molar-refractivity contribution in [3.63, 3.8) is 0 Å². The molecule has 0 heterocycles. The smallest absolute Gasteiger partial charge is 0.259 e. The molecule has 2 aromatic carbocycles. The van der Waals surface area contributed by atoms with E-state index in [1.54, 1.807) is 6.07 Å². The number of nitrogens with one attached hydrogen (secondary N) is 1. The molecule has 0 aliphatic rings. The van der Waals surface area contributed by atoms with E-state index in [9.17, 15) is 4.79 Å². The zero-order chi connectivity index (χ0) is 18.2. The van der Waals surface area contributed by atoms with Gasteiger partial charge in [-0.3, -0.25) is 4.79 Å². The van der Waals surface area contributed by atoms with Gasteiger partial charge in [0.15, 0.2) is 0 Å².